The van der Waals surface area contributed by atoms with Gasteiger partial charge in [-0.2, -0.15) is 0 Å². The minimum absolute atomic E-state index is 0.149. The highest BCUT2D eigenvalue weighted by Gasteiger charge is 2.56. The molecule has 0 aromatic heterocycles. The fraction of sp³-hybridized carbons (Fsp3) is 0.417. The van der Waals surface area contributed by atoms with Crippen molar-refractivity contribution in [3.8, 4) is 0 Å². The molecule has 1 aliphatic carbocycles. The average molecular weight is 595 g/mol. The molecule has 1 spiro atoms. The average Bonchev–Trinajstić information content (AvgIpc) is 3.21. The number of methoxy groups -OCH3 is 1. The van der Waals surface area contributed by atoms with Gasteiger partial charge in [0.1, 0.15) is 5.60 Å². The Hall–Kier alpha value is -4.33. The molecule has 1 unspecified atom stereocenters. The first kappa shape index (κ1) is 28.4. The fourth-order valence-electron chi connectivity index (χ4n) is 7.10. The van der Waals surface area contributed by atoms with E-state index >= 15 is 0 Å². The molecule has 3 heterocycles. The molecule has 0 amide bonds. The summed E-state index contributed by atoms with van der Waals surface area (Å²) in [6.45, 7) is 13.1. The maximum atomic E-state index is 13.6. The molecule has 3 aromatic carbocycles. The topological polar surface area (TPSA) is 85.4 Å². The van der Waals surface area contributed by atoms with Gasteiger partial charge in [0.25, 0.3) is 0 Å². The molecule has 44 heavy (non-hydrogen) atoms. The first-order valence-electron chi connectivity index (χ1n) is 15.3. The monoisotopic (exact) mass is 594 g/mol. The number of anilines is 2. The highest BCUT2D eigenvalue weighted by molar-refractivity contribution is 5.99. The zero-order valence-electron chi connectivity index (χ0n) is 26.2. The van der Waals surface area contributed by atoms with Crippen molar-refractivity contribution in [1.82, 2.24) is 0 Å². The highest BCUT2D eigenvalue weighted by atomic mass is 16.6. The summed E-state index contributed by atoms with van der Waals surface area (Å²) in [6, 6.07) is 17.8. The summed E-state index contributed by atoms with van der Waals surface area (Å²) in [5.74, 6) is -1.22. The highest BCUT2D eigenvalue weighted by Crippen LogP contribution is 2.58. The number of rotatable bonds is 4. The predicted molar refractivity (Wildman–Crippen MR) is 166 cm³/mol. The Morgan fingerprint density at radius 1 is 0.841 bits per heavy atom. The number of esters is 3. The van der Waals surface area contributed by atoms with E-state index in [0.29, 0.717) is 29.8 Å². The number of nitrogens with zero attached hydrogens (tertiary/aromatic N) is 2. The molecule has 0 saturated carbocycles. The van der Waals surface area contributed by atoms with Gasteiger partial charge >= 0.3 is 17.9 Å². The van der Waals surface area contributed by atoms with Gasteiger partial charge in [-0.3, -0.25) is 4.79 Å². The standard InChI is InChI=1S/C36H38N2O6/c1-34(2,3)43-32(40)21-8-11-25-28(16-21)36(44-33(25)41)26-12-9-23(37-14-7-15-37)17-29(26)35(4,5)30-18-24(10-13-27(30)36)38-19-22(20-38)31(39)42-6/h8-13,16-18,22H,7,14-15,19-20H2,1-6H3. The Morgan fingerprint density at radius 2 is 1.45 bits per heavy atom. The molecule has 7 rings (SSSR count). The zero-order valence-corrected chi connectivity index (χ0v) is 26.2. The smallest absolute Gasteiger partial charge is 0.340 e. The summed E-state index contributed by atoms with van der Waals surface area (Å²) in [6.07, 6.45) is 1.16. The molecule has 0 N–H and O–H groups in total. The van der Waals surface area contributed by atoms with Crippen LogP contribution in [0.3, 0.4) is 0 Å². The molecule has 0 radical (unpaired) electrons. The number of ether oxygens (including phenoxy) is 3. The van der Waals surface area contributed by atoms with Crippen LogP contribution in [0, 0.1) is 5.92 Å². The van der Waals surface area contributed by atoms with E-state index in [1.165, 1.54) is 7.11 Å². The van der Waals surface area contributed by atoms with E-state index < -0.39 is 28.6 Å². The summed E-state index contributed by atoms with van der Waals surface area (Å²) in [5, 5.41) is 0. The number of hydrogen-bond donors (Lipinski definition) is 0. The maximum Gasteiger partial charge on any atom is 0.340 e. The number of benzene rings is 3. The quantitative estimate of drug-likeness (QED) is 0.287. The van der Waals surface area contributed by atoms with Gasteiger partial charge in [-0.05, 0) is 80.8 Å². The van der Waals surface area contributed by atoms with E-state index in [9.17, 15) is 14.4 Å². The second kappa shape index (κ2) is 9.58. The third-order valence-corrected chi connectivity index (χ3v) is 9.61. The lowest BCUT2D eigenvalue weighted by molar-refractivity contribution is -0.146. The van der Waals surface area contributed by atoms with Crippen LogP contribution in [0.4, 0.5) is 11.4 Å². The van der Waals surface area contributed by atoms with Crippen LogP contribution in [0.25, 0.3) is 0 Å². The van der Waals surface area contributed by atoms with Crippen molar-refractivity contribution >= 4 is 29.3 Å². The Morgan fingerprint density at radius 3 is 2.00 bits per heavy atom. The summed E-state index contributed by atoms with van der Waals surface area (Å²) in [7, 11) is 1.42. The first-order chi connectivity index (χ1) is 20.8. The van der Waals surface area contributed by atoms with E-state index in [1.54, 1.807) is 18.2 Å². The molecular formula is C36H38N2O6. The number of carbonyl (C=O) groups is 3. The molecule has 3 aromatic rings. The Labute approximate surface area is 257 Å². The second-order valence-electron chi connectivity index (χ2n) is 13.9. The minimum Gasteiger partial charge on any atom is -0.469 e. The third-order valence-electron chi connectivity index (χ3n) is 9.61. The molecule has 1 atom stereocenters. The Kier molecular flexibility index (Phi) is 6.19. The van der Waals surface area contributed by atoms with Crippen LogP contribution in [-0.4, -0.2) is 56.8 Å². The van der Waals surface area contributed by atoms with Crippen LogP contribution in [-0.2, 0) is 30.0 Å². The summed E-state index contributed by atoms with van der Waals surface area (Å²) >= 11 is 0. The molecule has 2 fully saturated rings. The van der Waals surface area contributed by atoms with Gasteiger partial charge in [0.05, 0.1) is 24.2 Å². The molecule has 8 heteroatoms. The van der Waals surface area contributed by atoms with E-state index in [4.69, 9.17) is 14.2 Å². The van der Waals surface area contributed by atoms with E-state index in [1.807, 2.05) is 32.9 Å². The van der Waals surface area contributed by atoms with Crippen molar-refractivity contribution in [2.24, 2.45) is 5.92 Å². The van der Waals surface area contributed by atoms with Crippen molar-refractivity contribution in [2.75, 3.05) is 43.1 Å². The van der Waals surface area contributed by atoms with Gasteiger partial charge in [0, 0.05) is 59.7 Å². The van der Waals surface area contributed by atoms with Crippen molar-refractivity contribution in [3.63, 3.8) is 0 Å². The fourth-order valence-corrected chi connectivity index (χ4v) is 7.10. The van der Waals surface area contributed by atoms with Crippen LogP contribution in [0.5, 0.6) is 0 Å². The summed E-state index contributed by atoms with van der Waals surface area (Å²) in [4.78, 5) is 43.5. The Bertz CT molecular complexity index is 1730. The third kappa shape index (κ3) is 4.14. The van der Waals surface area contributed by atoms with Crippen LogP contribution in [0.15, 0.2) is 54.6 Å². The molecule has 228 valence electrons. The molecule has 4 aliphatic rings. The number of carbonyl (C=O) groups excluding carboxylic acids is 3. The van der Waals surface area contributed by atoms with E-state index in [0.717, 1.165) is 53.1 Å². The second-order valence-corrected chi connectivity index (χ2v) is 13.9. The van der Waals surface area contributed by atoms with Gasteiger partial charge in [-0.1, -0.05) is 26.0 Å². The minimum atomic E-state index is -1.24. The van der Waals surface area contributed by atoms with Gasteiger partial charge in [-0.15, -0.1) is 0 Å². The summed E-state index contributed by atoms with van der Waals surface area (Å²) in [5.41, 5.74) is 5.14. The van der Waals surface area contributed by atoms with Crippen molar-refractivity contribution in [2.45, 2.75) is 57.7 Å². The maximum absolute atomic E-state index is 13.6. The van der Waals surface area contributed by atoms with Crippen LogP contribution >= 0.6 is 0 Å². The van der Waals surface area contributed by atoms with E-state index in [-0.39, 0.29) is 11.9 Å². The number of hydrogen-bond acceptors (Lipinski definition) is 8. The lowest BCUT2D eigenvalue weighted by Gasteiger charge is -2.46. The van der Waals surface area contributed by atoms with Crippen molar-refractivity contribution in [1.29, 1.82) is 0 Å². The van der Waals surface area contributed by atoms with Crippen LogP contribution in [0.2, 0.25) is 0 Å². The van der Waals surface area contributed by atoms with Gasteiger partial charge in [0.15, 0.2) is 5.60 Å². The van der Waals surface area contributed by atoms with Crippen molar-refractivity contribution in [3.05, 3.63) is 93.5 Å². The zero-order chi connectivity index (χ0) is 31.2. The van der Waals surface area contributed by atoms with Gasteiger partial charge < -0.3 is 24.0 Å². The Balaban J connectivity index is 1.42. The van der Waals surface area contributed by atoms with E-state index in [2.05, 4.69) is 47.9 Å². The molecule has 2 saturated heterocycles. The van der Waals surface area contributed by atoms with Crippen LogP contribution in [0.1, 0.15) is 89.6 Å². The lowest BCUT2D eigenvalue weighted by Crippen LogP contribution is -2.51. The lowest BCUT2D eigenvalue weighted by atomic mass is 9.61. The molecule has 0 bridgehead atoms. The summed E-state index contributed by atoms with van der Waals surface area (Å²) < 4.78 is 17.2. The molecule has 8 nitrogen and oxygen atoms in total. The van der Waals surface area contributed by atoms with Gasteiger partial charge in [-0.25, -0.2) is 9.59 Å². The molecule has 3 aliphatic heterocycles. The predicted octanol–water partition coefficient (Wildman–Crippen LogP) is 5.56. The normalized spacial score (nSPS) is 21.5. The largest absolute Gasteiger partial charge is 0.469 e. The number of fused-ring (bicyclic) bond motifs is 6. The molecular weight excluding hydrogens is 556 g/mol. The van der Waals surface area contributed by atoms with Crippen molar-refractivity contribution < 1.29 is 28.6 Å². The van der Waals surface area contributed by atoms with Gasteiger partial charge in [0.2, 0.25) is 0 Å². The van der Waals surface area contributed by atoms with Crippen LogP contribution < -0.4 is 9.80 Å². The SMILES string of the molecule is COC(=O)C1CN(c2ccc3c(c2)C(C)(C)c2cc(N4CCC4)ccc2C32OC(=O)c3ccc(C(=O)OC(C)(C)C)cc32)C1. The first-order valence-corrected chi connectivity index (χ1v) is 15.3.